The minimum atomic E-state index is -0.163. The van der Waals surface area contributed by atoms with Crippen molar-refractivity contribution < 1.29 is 9.59 Å². The van der Waals surface area contributed by atoms with Crippen LogP contribution in [0.4, 0.5) is 0 Å². The molecule has 0 radical (unpaired) electrons. The number of hydrogen-bond acceptors (Lipinski definition) is 3. The molecular weight excluding hydrogens is 250 g/mol. The summed E-state index contributed by atoms with van der Waals surface area (Å²) < 4.78 is 0. The SMILES string of the molecule is CC(=O)CC(=O)c1ccc(-c2ccc(C#N)cc2)cc1. The van der Waals surface area contributed by atoms with E-state index in [-0.39, 0.29) is 18.0 Å². The smallest absolute Gasteiger partial charge is 0.170 e. The van der Waals surface area contributed by atoms with E-state index in [1.807, 2.05) is 24.3 Å². The van der Waals surface area contributed by atoms with Gasteiger partial charge in [-0.05, 0) is 30.2 Å². The van der Waals surface area contributed by atoms with E-state index >= 15 is 0 Å². The first-order valence-electron chi connectivity index (χ1n) is 6.23. The minimum Gasteiger partial charge on any atom is -0.300 e. The van der Waals surface area contributed by atoms with Crippen LogP contribution < -0.4 is 0 Å². The van der Waals surface area contributed by atoms with E-state index in [2.05, 4.69) is 6.07 Å². The van der Waals surface area contributed by atoms with E-state index in [1.54, 1.807) is 24.3 Å². The quantitative estimate of drug-likeness (QED) is 0.627. The van der Waals surface area contributed by atoms with Gasteiger partial charge in [0.15, 0.2) is 5.78 Å². The van der Waals surface area contributed by atoms with Gasteiger partial charge in [-0.25, -0.2) is 0 Å². The van der Waals surface area contributed by atoms with Crippen LogP contribution >= 0.6 is 0 Å². The summed E-state index contributed by atoms with van der Waals surface area (Å²) in [7, 11) is 0. The van der Waals surface area contributed by atoms with Crippen LogP contribution in [-0.2, 0) is 4.79 Å². The number of nitriles is 1. The summed E-state index contributed by atoms with van der Waals surface area (Å²) in [6.45, 7) is 1.41. The maximum atomic E-state index is 11.7. The second-order valence-corrected chi connectivity index (χ2v) is 4.57. The zero-order valence-corrected chi connectivity index (χ0v) is 11.1. The fourth-order valence-electron chi connectivity index (χ4n) is 1.91. The number of carbonyl (C=O) groups excluding carboxylic acids is 2. The van der Waals surface area contributed by atoms with Crippen molar-refractivity contribution in [1.82, 2.24) is 0 Å². The highest BCUT2D eigenvalue weighted by atomic mass is 16.1. The van der Waals surface area contributed by atoms with Crippen molar-refractivity contribution in [1.29, 1.82) is 5.26 Å². The first-order chi connectivity index (χ1) is 9.60. The number of hydrogen-bond donors (Lipinski definition) is 0. The molecule has 0 N–H and O–H groups in total. The fraction of sp³-hybridized carbons (Fsp3) is 0.118. The second-order valence-electron chi connectivity index (χ2n) is 4.57. The van der Waals surface area contributed by atoms with E-state index in [4.69, 9.17) is 5.26 Å². The molecule has 0 aliphatic heterocycles. The number of Topliss-reactive ketones (excluding diaryl/α,β-unsaturated/α-hetero) is 2. The van der Waals surface area contributed by atoms with Gasteiger partial charge in [-0.15, -0.1) is 0 Å². The Morgan fingerprint density at radius 1 is 0.950 bits per heavy atom. The standard InChI is InChI=1S/C17H13NO2/c1-12(19)10-17(20)16-8-6-15(7-9-16)14-4-2-13(11-18)3-5-14/h2-9H,10H2,1H3. The average Bonchev–Trinajstić information content (AvgIpc) is 2.47. The minimum absolute atomic E-state index is 0.0593. The Hall–Kier alpha value is -2.73. The number of benzene rings is 2. The molecule has 2 aromatic carbocycles. The zero-order valence-electron chi connectivity index (χ0n) is 11.1. The Labute approximate surface area is 117 Å². The Morgan fingerprint density at radius 2 is 1.45 bits per heavy atom. The molecule has 98 valence electrons. The molecule has 0 fully saturated rings. The molecule has 2 aromatic rings. The predicted molar refractivity (Wildman–Crippen MR) is 76.2 cm³/mol. The van der Waals surface area contributed by atoms with Gasteiger partial charge in [0.25, 0.3) is 0 Å². The number of carbonyl (C=O) groups is 2. The van der Waals surface area contributed by atoms with Crippen LogP contribution in [-0.4, -0.2) is 11.6 Å². The Kier molecular flexibility index (Phi) is 4.07. The van der Waals surface area contributed by atoms with Gasteiger partial charge in [-0.3, -0.25) is 9.59 Å². The van der Waals surface area contributed by atoms with Crippen molar-refractivity contribution in [3.05, 3.63) is 59.7 Å². The Morgan fingerprint density at radius 3 is 1.90 bits per heavy atom. The maximum absolute atomic E-state index is 11.7. The summed E-state index contributed by atoms with van der Waals surface area (Å²) in [6, 6.07) is 16.4. The lowest BCUT2D eigenvalue weighted by atomic mass is 10.0. The van der Waals surface area contributed by atoms with Crippen molar-refractivity contribution >= 4 is 11.6 Å². The van der Waals surface area contributed by atoms with Gasteiger partial charge >= 0.3 is 0 Å². The van der Waals surface area contributed by atoms with Gasteiger partial charge < -0.3 is 0 Å². The molecule has 0 aliphatic carbocycles. The molecule has 0 unspecified atom stereocenters. The highest BCUT2D eigenvalue weighted by Crippen LogP contribution is 2.20. The Bertz CT molecular complexity index is 676. The molecule has 0 aliphatic rings. The third-order valence-corrected chi connectivity index (χ3v) is 2.96. The lowest BCUT2D eigenvalue weighted by Crippen LogP contribution is -2.04. The molecule has 0 saturated heterocycles. The number of rotatable bonds is 4. The lowest BCUT2D eigenvalue weighted by Gasteiger charge is -2.03. The van der Waals surface area contributed by atoms with E-state index in [1.165, 1.54) is 6.92 Å². The van der Waals surface area contributed by atoms with Gasteiger partial charge in [0.05, 0.1) is 18.1 Å². The molecule has 0 spiro atoms. The molecule has 0 bridgehead atoms. The summed E-state index contributed by atoms with van der Waals surface area (Å²) in [6.07, 6.45) is -0.0593. The van der Waals surface area contributed by atoms with Crippen LogP contribution in [0.5, 0.6) is 0 Å². The molecule has 3 heteroatoms. The fourth-order valence-corrected chi connectivity index (χ4v) is 1.91. The third-order valence-electron chi connectivity index (χ3n) is 2.96. The summed E-state index contributed by atoms with van der Waals surface area (Å²) in [4.78, 5) is 22.7. The third kappa shape index (κ3) is 3.18. The van der Waals surface area contributed by atoms with E-state index in [0.29, 0.717) is 11.1 Å². The molecule has 0 heterocycles. The van der Waals surface area contributed by atoms with Crippen LogP contribution in [0.3, 0.4) is 0 Å². The molecule has 2 rings (SSSR count). The lowest BCUT2D eigenvalue weighted by molar-refractivity contribution is -0.116. The van der Waals surface area contributed by atoms with E-state index in [0.717, 1.165) is 11.1 Å². The predicted octanol–water partition coefficient (Wildman–Crippen LogP) is 3.39. The van der Waals surface area contributed by atoms with Crippen molar-refractivity contribution in [2.45, 2.75) is 13.3 Å². The molecule has 0 saturated carbocycles. The molecule has 3 nitrogen and oxygen atoms in total. The highest BCUT2D eigenvalue weighted by Gasteiger charge is 2.08. The Balaban J connectivity index is 2.21. The number of ketones is 2. The van der Waals surface area contributed by atoms with Gasteiger partial charge in [-0.2, -0.15) is 5.26 Å². The van der Waals surface area contributed by atoms with Crippen molar-refractivity contribution in [2.75, 3.05) is 0 Å². The van der Waals surface area contributed by atoms with E-state index < -0.39 is 0 Å². The van der Waals surface area contributed by atoms with Gasteiger partial charge in [0.1, 0.15) is 5.78 Å². The summed E-state index contributed by atoms with van der Waals surface area (Å²) in [5.41, 5.74) is 3.10. The van der Waals surface area contributed by atoms with Crippen molar-refractivity contribution in [3.63, 3.8) is 0 Å². The number of nitrogens with zero attached hydrogens (tertiary/aromatic N) is 1. The van der Waals surface area contributed by atoms with Crippen LogP contribution in [0.25, 0.3) is 11.1 Å². The molecule has 20 heavy (non-hydrogen) atoms. The monoisotopic (exact) mass is 263 g/mol. The van der Waals surface area contributed by atoms with Gasteiger partial charge in [0, 0.05) is 5.56 Å². The molecule has 0 atom stereocenters. The summed E-state index contributed by atoms with van der Waals surface area (Å²) >= 11 is 0. The summed E-state index contributed by atoms with van der Waals surface area (Å²) in [5, 5.41) is 8.75. The second kappa shape index (κ2) is 5.94. The van der Waals surface area contributed by atoms with Gasteiger partial charge in [0.2, 0.25) is 0 Å². The first kappa shape index (κ1) is 13.7. The largest absolute Gasteiger partial charge is 0.300 e. The topological polar surface area (TPSA) is 57.9 Å². The maximum Gasteiger partial charge on any atom is 0.170 e. The van der Waals surface area contributed by atoms with Crippen LogP contribution in [0, 0.1) is 11.3 Å². The summed E-state index contributed by atoms with van der Waals surface area (Å²) in [5.74, 6) is -0.296. The molecular formula is C17H13NO2. The molecule has 0 amide bonds. The van der Waals surface area contributed by atoms with Crippen molar-refractivity contribution in [3.8, 4) is 17.2 Å². The molecule has 0 aromatic heterocycles. The van der Waals surface area contributed by atoms with Crippen LogP contribution in [0.1, 0.15) is 29.3 Å². The van der Waals surface area contributed by atoms with Gasteiger partial charge in [-0.1, -0.05) is 36.4 Å². The van der Waals surface area contributed by atoms with E-state index in [9.17, 15) is 9.59 Å². The normalized spacial score (nSPS) is 9.80. The zero-order chi connectivity index (χ0) is 14.5. The van der Waals surface area contributed by atoms with Crippen molar-refractivity contribution in [2.24, 2.45) is 0 Å². The highest BCUT2D eigenvalue weighted by molar-refractivity contribution is 6.07. The first-order valence-corrected chi connectivity index (χ1v) is 6.23. The van der Waals surface area contributed by atoms with Crippen LogP contribution in [0.15, 0.2) is 48.5 Å². The average molecular weight is 263 g/mol. The van der Waals surface area contributed by atoms with Crippen LogP contribution in [0.2, 0.25) is 0 Å².